The van der Waals surface area contributed by atoms with Gasteiger partial charge in [0.05, 0.1) is 0 Å². The molecule has 1 N–H and O–H groups in total. The maximum Gasteiger partial charge on any atom is 0.0292 e. The van der Waals surface area contributed by atoms with E-state index >= 15 is 0 Å². The lowest BCUT2D eigenvalue weighted by Gasteiger charge is -1.82. The molecule has 0 unspecified atom stereocenters. The molecule has 40 valence electrons. The Morgan fingerprint density at radius 3 is 2.71 bits per heavy atom. The first-order chi connectivity index (χ1) is 3.31. The minimum Gasteiger partial charge on any atom is -0.197 e. The fourth-order valence-corrected chi connectivity index (χ4v) is 0.617. The zero-order valence-electron chi connectivity index (χ0n) is 3.81. The van der Waals surface area contributed by atoms with Gasteiger partial charge >= 0.3 is 0 Å². The molecule has 0 aromatic carbocycles. The summed E-state index contributed by atoms with van der Waals surface area (Å²) in [5.41, 5.74) is 6.38. The van der Waals surface area contributed by atoms with Crippen LogP contribution in [0, 0.1) is 5.53 Å². The number of rotatable bonds is 2. The van der Waals surface area contributed by atoms with Crippen molar-refractivity contribution in [2.75, 3.05) is 0 Å². The molecule has 0 amide bonds. The van der Waals surface area contributed by atoms with Gasteiger partial charge in [-0.2, -0.15) is 5.53 Å². The summed E-state index contributed by atoms with van der Waals surface area (Å²) in [7, 11) is 0. The normalized spacial score (nSPS) is 11.4. The van der Waals surface area contributed by atoms with E-state index in [0.29, 0.717) is 0 Å². The molecule has 0 fully saturated rings. The maximum atomic E-state index is 6.38. The van der Waals surface area contributed by atoms with E-state index < -0.39 is 0 Å². The molecule has 7 heavy (non-hydrogen) atoms. The molecule has 0 saturated carbocycles. The van der Waals surface area contributed by atoms with E-state index in [4.69, 9.17) is 5.53 Å². The molecule has 0 radical (unpaired) electrons. The maximum absolute atomic E-state index is 6.38. The lowest BCUT2D eigenvalue weighted by atomic mass is 10.8. The third-order valence-corrected chi connectivity index (χ3v) is 2.20. The van der Waals surface area contributed by atoms with Gasteiger partial charge in [-0.05, 0) is 11.0 Å². The van der Waals surface area contributed by atoms with Crippen LogP contribution in [-0.4, -0.2) is 0 Å². The first-order valence-electron chi connectivity index (χ1n) is 1.62. The van der Waals surface area contributed by atoms with Crippen molar-refractivity contribution in [2.24, 2.45) is 4.52 Å². The van der Waals surface area contributed by atoms with Crippen LogP contribution >= 0.6 is 34.5 Å². The van der Waals surface area contributed by atoms with Gasteiger partial charge in [-0.1, -0.05) is 22.6 Å². The lowest BCUT2D eigenvalue weighted by Crippen LogP contribution is -1.52. The second-order valence-electron chi connectivity index (χ2n) is 0.902. The van der Waals surface area contributed by atoms with Crippen molar-refractivity contribution in [1.82, 2.24) is 0 Å². The van der Waals surface area contributed by atoms with Crippen LogP contribution in [0.3, 0.4) is 0 Å². The fraction of sp³-hybridized carbons (Fsp3) is 0.333. The van der Waals surface area contributed by atoms with Crippen molar-refractivity contribution in [3.8, 4) is 0 Å². The topological polar surface area (TPSA) is 36.2 Å². The predicted octanol–water partition coefficient (Wildman–Crippen LogP) is 2.96. The molecule has 0 spiro atoms. The van der Waals surface area contributed by atoms with Crippen LogP contribution in [0.5, 0.6) is 0 Å². The van der Waals surface area contributed by atoms with Crippen molar-refractivity contribution in [3.63, 3.8) is 0 Å². The first kappa shape index (κ1) is 7.42. The monoisotopic (exact) mass is 228 g/mol. The largest absolute Gasteiger partial charge is 0.197 e. The Kier molecular flexibility index (Phi) is 4.85. The molecule has 0 rings (SSSR count). The first-order valence-corrected chi connectivity index (χ1v) is 3.64. The van der Waals surface area contributed by atoms with Crippen LogP contribution in [-0.2, 0) is 0 Å². The van der Waals surface area contributed by atoms with Crippen molar-refractivity contribution >= 4 is 34.5 Å². The van der Waals surface area contributed by atoms with Crippen molar-refractivity contribution < 1.29 is 0 Å². The average Bonchev–Trinajstić information content (AvgIpc) is 1.68. The number of hydrogen-bond donors (Lipinski definition) is 1. The van der Waals surface area contributed by atoms with Crippen LogP contribution < -0.4 is 0 Å². The highest BCUT2D eigenvalue weighted by Crippen LogP contribution is 2.15. The number of allylic oxidation sites excluding steroid dienone is 1. The standard InChI is InChI=1S/C3H5IN2S/c1-3(2-4)7-6-5/h2,5H,1H3/b3-2-,6-5?. The second kappa shape index (κ2) is 4.58. The van der Waals surface area contributed by atoms with E-state index in [1.807, 2.05) is 11.0 Å². The van der Waals surface area contributed by atoms with Gasteiger partial charge in [-0.25, -0.2) is 0 Å². The zero-order chi connectivity index (χ0) is 5.70. The molecule has 0 heterocycles. The third-order valence-electron chi connectivity index (χ3n) is 0.343. The second-order valence-corrected chi connectivity index (χ2v) is 2.53. The molecule has 4 heteroatoms. The van der Waals surface area contributed by atoms with E-state index in [0.717, 1.165) is 4.91 Å². The summed E-state index contributed by atoms with van der Waals surface area (Å²) in [4.78, 5) is 1.05. The number of hydrogen-bond acceptors (Lipinski definition) is 3. The summed E-state index contributed by atoms with van der Waals surface area (Å²) < 4.78 is 4.99. The van der Waals surface area contributed by atoms with E-state index in [1.165, 1.54) is 11.9 Å². The minimum absolute atomic E-state index is 1.05. The van der Waals surface area contributed by atoms with E-state index in [1.54, 1.807) is 0 Å². The SMILES string of the molecule is C/C(=C/I)SN=N. The van der Waals surface area contributed by atoms with Gasteiger partial charge in [0.25, 0.3) is 0 Å². The molecule has 0 aliphatic heterocycles. The summed E-state index contributed by atoms with van der Waals surface area (Å²) in [6.07, 6.45) is 0. The van der Waals surface area contributed by atoms with Crippen LogP contribution in [0.1, 0.15) is 6.92 Å². The molecule has 0 atom stereocenters. The summed E-state index contributed by atoms with van der Waals surface area (Å²) in [5, 5.41) is 0. The Morgan fingerprint density at radius 1 is 2.00 bits per heavy atom. The highest BCUT2D eigenvalue weighted by Gasteiger charge is 1.80. The fourth-order valence-electron chi connectivity index (χ4n) is 0.0919. The van der Waals surface area contributed by atoms with Crippen LogP contribution in [0.15, 0.2) is 13.5 Å². The van der Waals surface area contributed by atoms with E-state index in [-0.39, 0.29) is 0 Å². The molecular weight excluding hydrogens is 223 g/mol. The zero-order valence-corrected chi connectivity index (χ0v) is 6.78. The van der Waals surface area contributed by atoms with Gasteiger partial charge in [0, 0.05) is 16.9 Å². The molecule has 0 aliphatic carbocycles. The Morgan fingerprint density at radius 2 is 2.57 bits per heavy atom. The predicted molar refractivity (Wildman–Crippen MR) is 40.5 cm³/mol. The van der Waals surface area contributed by atoms with Crippen LogP contribution in [0.4, 0.5) is 0 Å². The molecular formula is C3H5IN2S. The van der Waals surface area contributed by atoms with E-state index in [9.17, 15) is 0 Å². The van der Waals surface area contributed by atoms with Gasteiger partial charge in [-0.3, -0.25) is 0 Å². The number of nitrogens with one attached hydrogen (secondary N) is 1. The van der Waals surface area contributed by atoms with Crippen molar-refractivity contribution in [3.05, 3.63) is 8.99 Å². The van der Waals surface area contributed by atoms with Gasteiger partial charge in [-0.15, -0.1) is 4.52 Å². The summed E-state index contributed by atoms with van der Waals surface area (Å²) in [6.45, 7) is 1.91. The highest BCUT2D eigenvalue weighted by molar-refractivity contribution is 14.1. The minimum atomic E-state index is 1.05. The quantitative estimate of drug-likeness (QED) is 0.440. The van der Waals surface area contributed by atoms with Crippen LogP contribution in [0.2, 0.25) is 0 Å². The molecule has 0 aromatic rings. The number of nitrogens with zero attached hydrogens (tertiary/aromatic N) is 1. The Bertz CT molecular complexity index is 90.9. The van der Waals surface area contributed by atoms with Crippen LogP contribution in [0.25, 0.3) is 0 Å². The molecule has 0 bridgehead atoms. The summed E-state index contributed by atoms with van der Waals surface area (Å²) in [6, 6.07) is 0. The summed E-state index contributed by atoms with van der Waals surface area (Å²) >= 11 is 3.29. The Labute approximate surface area is 60.5 Å². The Hall–Kier alpha value is 0.420. The van der Waals surface area contributed by atoms with Gasteiger partial charge in [0.15, 0.2) is 0 Å². The molecule has 2 nitrogen and oxygen atoms in total. The van der Waals surface area contributed by atoms with Crippen molar-refractivity contribution in [1.29, 1.82) is 5.53 Å². The van der Waals surface area contributed by atoms with E-state index in [2.05, 4.69) is 27.1 Å². The highest BCUT2D eigenvalue weighted by atomic mass is 127. The number of halogens is 1. The average molecular weight is 228 g/mol. The Balaban J connectivity index is 3.36. The smallest absolute Gasteiger partial charge is 0.0292 e. The van der Waals surface area contributed by atoms with Crippen molar-refractivity contribution in [2.45, 2.75) is 6.92 Å². The van der Waals surface area contributed by atoms with Gasteiger partial charge < -0.3 is 0 Å². The molecule has 0 aromatic heterocycles. The summed E-state index contributed by atoms with van der Waals surface area (Å²) in [5.74, 6) is 0. The van der Waals surface area contributed by atoms with Gasteiger partial charge in [0.2, 0.25) is 0 Å². The molecule has 0 aliphatic rings. The lowest BCUT2D eigenvalue weighted by molar-refractivity contribution is 1.25. The third kappa shape index (κ3) is 4.27. The molecule has 0 saturated heterocycles. The van der Waals surface area contributed by atoms with Gasteiger partial charge in [0.1, 0.15) is 0 Å².